The summed E-state index contributed by atoms with van der Waals surface area (Å²) in [6, 6.07) is 12.7. The van der Waals surface area contributed by atoms with Crippen molar-refractivity contribution >= 4 is 23.1 Å². The van der Waals surface area contributed by atoms with Crippen LogP contribution in [0.4, 0.5) is 0 Å². The summed E-state index contributed by atoms with van der Waals surface area (Å²) in [5.41, 5.74) is 2.27. The minimum absolute atomic E-state index is 0. The van der Waals surface area contributed by atoms with E-state index in [0.29, 0.717) is 0 Å². The monoisotopic (exact) mass is 246 g/mol. The molecule has 2 aromatic rings. The Bertz CT molecular complexity index is 318. The summed E-state index contributed by atoms with van der Waals surface area (Å²) >= 11 is 0. The number of benzene rings is 1. The van der Waals surface area contributed by atoms with Crippen LogP contribution in [0.2, 0.25) is 0 Å². The van der Waals surface area contributed by atoms with Crippen LogP contribution in [-0.2, 0) is 0 Å². The average molecular weight is 247 g/mol. The fourth-order valence-electron chi connectivity index (χ4n) is 1.01. The van der Waals surface area contributed by atoms with Gasteiger partial charge in [-0.15, -0.1) is 5.56 Å². The quantitative estimate of drug-likeness (QED) is 0.483. The summed E-state index contributed by atoms with van der Waals surface area (Å²) in [6.45, 7) is 0. The van der Waals surface area contributed by atoms with Crippen molar-refractivity contribution in [2.45, 2.75) is 0 Å². The van der Waals surface area contributed by atoms with Gasteiger partial charge in [0, 0.05) is 0 Å². The molecule has 0 radical (unpaired) electrons. The molecule has 0 aliphatic carbocycles. The van der Waals surface area contributed by atoms with Gasteiger partial charge in [-0.1, -0.05) is 0 Å². The van der Waals surface area contributed by atoms with Crippen LogP contribution in [0.1, 0.15) is 0 Å². The fraction of sp³-hybridized carbons (Fsp3) is 0. The molecule has 13 heavy (non-hydrogen) atoms. The third kappa shape index (κ3) is 3.18. The van der Waals surface area contributed by atoms with Crippen molar-refractivity contribution in [3.63, 3.8) is 0 Å². The Morgan fingerprint density at radius 1 is 1.00 bits per heavy atom. The number of hydrogen-bond acceptors (Lipinski definition) is 1. The first-order valence-corrected chi connectivity index (χ1v) is 3.45. The second-order valence-corrected chi connectivity index (χ2v) is 2.30. The van der Waals surface area contributed by atoms with Crippen molar-refractivity contribution in [1.29, 1.82) is 0 Å². The van der Waals surface area contributed by atoms with E-state index >= 15 is 0 Å². The van der Waals surface area contributed by atoms with Crippen molar-refractivity contribution in [3.05, 3.63) is 48.9 Å². The van der Waals surface area contributed by atoms with Crippen molar-refractivity contribution in [2.24, 2.45) is 0 Å². The van der Waals surface area contributed by atoms with Crippen molar-refractivity contribution in [3.8, 4) is 11.1 Å². The molecule has 0 N–H and O–H groups in total. The maximum absolute atomic E-state index is 4.96. The molecule has 0 spiro atoms. The second kappa shape index (κ2) is 6.24. The molecule has 0 aliphatic heterocycles. The zero-order valence-electron chi connectivity index (χ0n) is 7.03. The van der Waals surface area contributed by atoms with E-state index in [9.17, 15) is 0 Å². The van der Waals surface area contributed by atoms with E-state index in [2.05, 4.69) is 6.07 Å². The molecular formula is C10H7BrMgO. The smallest absolute Gasteiger partial charge is 1.00 e. The van der Waals surface area contributed by atoms with Crippen LogP contribution < -0.4 is 17.0 Å². The van der Waals surface area contributed by atoms with Crippen molar-refractivity contribution in [2.75, 3.05) is 0 Å². The largest absolute Gasteiger partial charge is 2.00 e. The predicted molar refractivity (Wildman–Crippen MR) is 48.7 cm³/mol. The Kier molecular flexibility index (Phi) is 6.12. The third-order valence-electron chi connectivity index (χ3n) is 1.57. The van der Waals surface area contributed by atoms with Gasteiger partial charge >= 0.3 is 23.1 Å². The Morgan fingerprint density at radius 2 is 1.69 bits per heavy atom. The average Bonchev–Trinajstić information content (AvgIpc) is 2.58. The molecule has 0 bridgehead atoms. The summed E-state index contributed by atoms with van der Waals surface area (Å²) in [5, 5.41) is 0. The van der Waals surface area contributed by atoms with E-state index in [-0.39, 0.29) is 40.0 Å². The van der Waals surface area contributed by atoms with E-state index in [0.717, 1.165) is 11.1 Å². The van der Waals surface area contributed by atoms with E-state index < -0.39 is 0 Å². The second-order valence-electron chi connectivity index (χ2n) is 2.30. The van der Waals surface area contributed by atoms with E-state index in [1.807, 2.05) is 30.3 Å². The number of furan rings is 1. The Labute approximate surface area is 104 Å². The van der Waals surface area contributed by atoms with E-state index in [1.165, 1.54) is 0 Å². The maximum atomic E-state index is 4.96. The maximum Gasteiger partial charge on any atom is 2.00 e. The fourth-order valence-corrected chi connectivity index (χ4v) is 1.01. The van der Waals surface area contributed by atoms with Gasteiger partial charge in [-0.05, 0) is 11.6 Å². The molecule has 2 rings (SSSR count). The predicted octanol–water partition coefficient (Wildman–Crippen LogP) is -0.630. The summed E-state index contributed by atoms with van der Waals surface area (Å²) in [5.74, 6) is 0. The molecule has 1 aromatic carbocycles. The summed E-state index contributed by atoms with van der Waals surface area (Å²) in [7, 11) is 0. The summed E-state index contributed by atoms with van der Waals surface area (Å²) in [6.07, 6.45) is 3.40. The van der Waals surface area contributed by atoms with Crippen LogP contribution in [0.3, 0.4) is 0 Å². The minimum atomic E-state index is 0. The molecular weight excluding hydrogens is 240 g/mol. The van der Waals surface area contributed by atoms with Gasteiger partial charge in [0.25, 0.3) is 0 Å². The van der Waals surface area contributed by atoms with Gasteiger partial charge < -0.3 is 21.4 Å². The van der Waals surface area contributed by atoms with Crippen LogP contribution in [0.25, 0.3) is 11.1 Å². The Balaban J connectivity index is 0.000000720. The first-order chi connectivity index (χ1) is 5.47. The first-order valence-electron chi connectivity index (χ1n) is 3.45. The third-order valence-corrected chi connectivity index (χ3v) is 1.57. The Morgan fingerprint density at radius 3 is 2.23 bits per heavy atom. The molecule has 0 saturated heterocycles. The van der Waals surface area contributed by atoms with Crippen LogP contribution >= 0.6 is 0 Å². The minimum Gasteiger partial charge on any atom is -1.00 e. The molecule has 0 saturated carbocycles. The van der Waals surface area contributed by atoms with E-state index in [4.69, 9.17) is 4.42 Å². The van der Waals surface area contributed by atoms with Gasteiger partial charge in [-0.25, -0.2) is 0 Å². The standard InChI is InChI=1S/C10H7O.BrH.Mg/c1-2-4-9(5-3-1)10-6-7-11-8-10;;/h2-8H;1H;/q-1;;+2/p-1. The van der Waals surface area contributed by atoms with Crippen molar-refractivity contribution in [1.82, 2.24) is 0 Å². The SMILES string of the molecule is [Br-].[Mg+2].[c-]1ccc(-c2ccoc2)cc1. The molecule has 3 heteroatoms. The van der Waals surface area contributed by atoms with Crippen molar-refractivity contribution < 1.29 is 21.4 Å². The number of halogens is 1. The summed E-state index contributed by atoms with van der Waals surface area (Å²) < 4.78 is 4.96. The zero-order valence-corrected chi connectivity index (χ0v) is 10.0. The molecule has 0 amide bonds. The van der Waals surface area contributed by atoms with Crippen LogP contribution in [0.15, 0.2) is 47.3 Å². The van der Waals surface area contributed by atoms with Crippen LogP contribution in [0.5, 0.6) is 0 Å². The molecule has 1 nitrogen and oxygen atoms in total. The van der Waals surface area contributed by atoms with Crippen LogP contribution in [0, 0.1) is 6.07 Å². The molecule has 0 unspecified atom stereocenters. The number of hydrogen-bond donors (Lipinski definition) is 0. The van der Waals surface area contributed by atoms with Gasteiger partial charge in [0.05, 0.1) is 12.5 Å². The molecule has 0 atom stereocenters. The molecule has 0 aliphatic rings. The summed E-state index contributed by atoms with van der Waals surface area (Å²) in [4.78, 5) is 0. The topological polar surface area (TPSA) is 13.1 Å². The first kappa shape index (κ1) is 12.7. The molecule has 0 fully saturated rings. The van der Waals surface area contributed by atoms with Crippen LogP contribution in [-0.4, -0.2) is 23.1 Å². The van der Waals surface area contributed by atoms with Gasteiger partial charge in [-0.3, -0.25) is 0 Å². The Hall–Kier alpha value is -0.254. The molecule has 1 aromatic heterocycles. The van der Waals surface area contributed by atoms with Gasteiger partial charge in [-0.2, -0.15) is 30.3 Å². The van der Waals surface area contributed by atoms with Gasteiger partial charge in [0.1, 0.15) is 0 Å². The number of rotatable bonds is 1. The normalized spacial score (nSPS) is 8.31. The van der Waals surface area contributed by atoms with Gasteiger partial charge in [0.15, 0.2) is 0 Å². The molecule has 1 heterocycles. The molecule has 62 valence electrons. The zero-order chi connectivity index (χ0) is 7.52. The van der Waals surface area contributed by atoms with Gasteiger partial charge in [0.2, 0.25) is 0 Å². The van der Waals surface area contributed by atoms with E-state index in [1.54, 1.807) is 12.5 Å².